The van der Waals surface area contributed by atoms with Gasteiger partial charge in [-0.3, -0.25) is 19.7 Å². The van der Waals surface area contributed by atoms with E-state index in [-0.39, 0.29) is 16.3 Å². The summed E-state index contributed by atoms with van der Waals surface area (Å²) in [5.74, 6) is -3.87. The number of aliphatic carboxylic acids is 2. The molecule has 0 bridgehead atoms. The second-order valence-electron chi connectivity index (χ2n) is 3.88. The van der Waals surface area contributed by atoms with Crippen molar-refractivity contribution in [1.29, 1.82) is 0 Å². The second kappa shape index (κ2) is 6.66. The predicted octanol–water partition coefficient (Wildman–Crippen LogP) is 0.906. The van der Waals surface area contributed by atoms with Crippen LogP contribution in [0, 0.1) is 10.1 Å². The van der Waals surface area contributed by atoms with Crippen molar-refractivity contribution in [1.82, 2.24) is 5.32 Å². The zero-order valence-electron chi connectivity index (χ0n) is 10.3. The third-order valence-corrected chi connectivity index (χ3v) is 2.70. The van der Waals surface area contributed by atoms with Crippen LogP contribution in [0.5, 0.6) is 0 Å². The molecule has 0 saturated carbocycles. The molecule has 9 nitrogen and oxygen atoms in total. The van der Waals surface area contributed by atoms with Gasteiger partial charge >= 0.3 is 11.9 Å². The van der Waals surface area contributed by atoms with Crippen molar-refractivity contribution < 1.29 is 29.5 Å². The van der Waals surface area contributed by atoms with Crippen molar-refractivity contribution in [3.8, 4) is 0 Å². The van der Waals surface area contributed by atoms with Crippen molar-refractivity contribution in [3.63, 3.8) is 0 Å². The van der Waals surface area contributed by atoms with Crippen LogP contribution in [-0.4, -0.2) is 39.0 Å². The van der Waals surface area contributed by atoms with Gasteiger partial charge in [-0.25, -0.2) is 4.79 Å². The third kappa shape index (κ3) is 4.42. The lowest BCUT2D eigenvalue weighted by Gasteiger charge is -2.12. The van der Waals surface area contributed by atoms with Gasteiger partial charge in [0.1, 0.15) is 6.04 Å². The van der Waals surface area contributed by atoms with Gasteiger partial charge in [-0.1, -0.05) is 11.6 Å². The van der Waals surface area contributed by atoms with E-state index in [9.17, 15) is 24.5 Å². The molecule has 0 radical (unpaired) electrons. The highest BCUT2D eigenvalue weighted by Crippen LogP contribution is 2.22. The van der Waals surface area contributed by atoms with Crippen LogP contribution in [0.1, 0.15) is 16.8 Å². The number of carboxylic acids is 2. The van der Waals surface area contributed by atoms with Crippen LogP contribution in [0.25, 0.3) is 0 Å². The van der Waals surface area contributed by atoms with E-state index in [0.717, 1.165) is 18.2 Å². The Morgan fingerprint density at radius 1 is 1.33 bits per heavy atom. The van der Waals surface area contributed by atoms with Crippen LogP contribution < -0.4 is 5.32 Å². The fourth-order valence-corrected chi connectivity index (χ4v) is 1.67. The van der Waals surface area contributed by atoms with E-state index >= 15 is 0 Å². The molecule has 1 atom stereocenters. The number of halogens is 1. The van der Waals surface area contributed by atoms with Crippen molar-refractivity contribution in [2.75, 3.05) is 0 Å². The minimum atomic E-state index is -1.64. The summed E-state index contributed by atoms with van der Waals surface area (Å²) in [6.45, 7) is 0. The summed E-state index contributed by atoms with van der Waals surface area (Å²) in [7, 11) is 0. The van der Waals surface area contributed by atoms with Crippen molar-refractivity contribution >= 4 is 35.1 Å². The maximum atomic E-state index is 11.8. The quantitative estimate of drug-likeness (QED) is 0.521. The molecule has 3 N–H and O–H groups in total. The van der Waals surface area contributed by atoms with E-state index < -0.39 is 35.2 Å². The Morgan fingerprint density at radius 3 is 2.38 bits per heavy atom. The Hall–Kier alpha value is -2.68. The average Bonchev–Trinajstić information content (AvgIpc) is 2.36. The number of carboxylic acid groups (broad SMARTS) is 2. The van der Waals surface area contributed by atoms with E-state index in [4.69, 9.17) is 21.8 Å². The molecular weight excluding hydrogens is 308 g/mol. The number of hydrogen-bond acceptors (Lipinski definition) is 5. The van der Waals surface area contributed by atoms with Gasteiger partial charge < -0.3 is 15.5 Å². The minimum Gasteiger partial charge on any atom is -0.481 e. The van der Waals surface area contributed by atoms with Crippen LogP contribution in [0.3, 0.4) is 0 Å². The van der Waals surface area contributed by atoms with Crippen molar-refractivity contribution in [2.45, 2.75) is 12.5 Å². The molecule has 1 unspecified atom stereocenters. The molecule has 21 heavy (non-hydrogen) atoms. The highest BCUT2D eigenvalue weighted by molar-refractivity contribution is 6.34. The lowest BCUT2D eigenvalue weighted by Crippen LogP contribution is -2.42. The number of carbonyl (C=O) groups is 3. The number of nitrogens with one attached hydrogen (secondary N) is 1. The summed E-state index contributed by atoms with van der Waals surface area (Å²) in [5, 5.41) is 29.6. The number of nitro groups is 1. The smallest absolute Gasteiger partial charge is 0.326 e. The largest absolute Gasteiger partial charge is 0.481 e. The molecule has 1 aromatic rings. The van der Waals surface area contributed by atoms with Gasteiger partial charge in [0.05, 0.1) is 21.9 Å². The Balaban J connectivity index is 2.95. The fraction of sp³-hybridized carbons (Fsp3) is 0.182. The molecule has 1 amide bonds. The number of non-ortho nitro benzene ring substituents is 1. The van der Waals surface area contributed by atoms with Gasteiger partial charge in [0.25, 0.3) is 11.6 Å². The number of amides is 1. The highest BCUT2D eigenvalue weighted by Gasteiger charge is 2.25. The van der Waals surface area contributed by atoms with E-state index in [1.54, 1.807) is 0 Å². The topological polar surface area (TPSA) is 147 Å². The SMILES string of the molecule is O=C(O)CC(NC(=O)c1ccc([N+](=O)[O-])cc1Cl)C(=O)O. The number of carbonyl (C=O) groups excluding carboxylic acids is 1. The van der Waals surface area contributed by atoms with Gasteiger partial charge in [-0.2, -0.15) is 0 Å². The molecule has 0 aliphatic rings. The molecule has 0 aliphatic carbocycles. The summed E-state index contributed by atoms with van der Waals surface area (Å²) < 4.78 is 0. The second-order valence-corrected chi connectivity index (χ2v) is 4.29. The Kier molecular flexibility index (Phi) is 5.19. The number of rotatable bonds is 6. The van der Waals surface area contributed by atoms with Crippen LogP contribution in [0.2, 0.25) is 5.02 Å². The summed E-state index contributed by atoms with van der Waals surface area (Å²) in [6, 6.07) is 1.37. The predicted molar refractivity (Wildman–Crippen MR) is 69.2 cm³/mol. The maximum Gasteiger partial charge on any atom is 0.326 e. The fourth-order valence-electron chi connectivity index (χ4n) is 1.41. The number of benzene rings is 1. The lowest BCUT2D eigenvalue weighted by molar-refractivity contribution is -0.384. The van der Waals surface area contributed by atoms with E-state index in [0.29, 0.717) is 0 Å². The minimum absolute atomic E-state index is 0.195. The Morgan fingerprint density at radius 2 is 1.95 bits per heavy atom. The van der Waals surface area contributed by atoms with Crippen LogP contribution >= 0.6 is 11.6 Å². The zero-order valence-corrected chi connectivity index (χ0v) is 11.0. The molecule has 0 fully saturated rings. The first-order valence-electron chi connectivity index (χ1n) is 5.41. The molecule has 112 valence electrons. The molecule has 0 aliphatic heterocycles. The van der Waals surface area contributed by atoms with Crippen molar-refractivity contribution in [3.05, 3.63) is 38.9 Å². The molecule has 0 aromatic heterocycles. The first kappa shape index (κ1) is 16.4. The van der Waals surface area contributed by atoms with Gasteiger partial charge in [0.15, 0.2) is 0 Å². The van der Waals surface area contributed by atoms with Crippen LogP contribution in [0.15, 0.2) is 18.2 Å². The summed E-state index contributed by atoms with van der Waals surface area (Å²) in [4.78, 5) is 43.0. The zero-order chi connectivity index (χ0) is 16.2. The molecule has 1 rings (SSSR count). The van der Waals surface area contributed by atoms with Gasteiger partial charge in [-0.05, 0) is 6.07 Å². The van der Waals surface area contributed by atoms with Gasteiger partial charge in [0, 0.05) is 12.1 Å². The highest BCUT2D eigenvalue weighted by atomic mass is 35.5. The van der Waals surface area contributed by atoms with Crippen LogP contribution in [0.4, 0.5) is 5.69 Å². The molecular formula is C11H9ClN2O7. The van der Waals surface area contributed by atoms with Gasteiger partial charge in [-0.15, -0.1) is 0 Å². The van der Waals surface area contributed by atoms with Crippen LogP contribution in [-0.2, 0) is 9.59 Å². The summed E-state index contributed by atoms with van der Waals surface area (Å²) >= 11 is 5.71. The van der Waals surface area contributed by atoms with Crippen molar-refractivity contribution in [2.24, 2.45) is 0 Å². The first-order valence-corrected chi connectivity index (χ1v) is 5.79. The monoisotopic (exact) mass is 316 g/mol. The average molecular weight is 317 g/mol. The Bertz CT molecular complexity index is 617. The Labute approximate surface area is 122 Å². The first-order chi connectivity index (χ1) is 9.72. The van der Waals surface area contributed by atoms with E-state index in [2.05, 4.69) is 0 Å². The standard InChI is InChI=1S/C11H9ClN2O7/c12-7-3-5(14(20)21)1-2-6(7)10(17)13-8(11(18)19)4-9(15)16/h1-3,8H,4H2,(H,13,17)(H,15,16)(H,18,19). The molecule has 0 saturated heterocycles. The molecule has 1 aromatic carbocycles. The lowest BCUT2D eigenvalue weighted by atomic mass is 10.1. The summed E-state index contributed by atoms with van der Waals surface area (Å²) in [6.07, 6.45) is -0.814. The third-order valence-electron chi connectivity index (χ3n) is 2.39. The van der Waals surface area contributed by atoms with E-state index in [1.165, 1.54) is 0 Å². The molecule has 0 spiro atoms. The molecule has 10 heteroatoms. The normalized spacial score (nSPS) is 11.5. The van der Waals surface area contributed by atoms with Gasteiger partial charge in [0.2, 0.25) is 0 Å². The number of nitro benzene ring substituents is 1. The van der Waals surface area contributed by atoms with E-state index in [1.807, 2.05) is 5.32 Å². The summed E-state index contributed by atoms with van der Waals surface area (Å²) in [5.41, 5.74) is -0.532. The maximum absolute atomic E-state index is 11.8. The number of nitrogens with zero attached hydrogens (tertiary/aromatic N) is 1. The molecule has 0 heterocycles. The number of hydrogen-bond donors (Lipinski definition) is 3.